The number of rotatable bonds is 8. The highest BCUT2D eigenvalue weighted by Crippen LogP contribution is 2.21. The Bertz CT molecular complexity index is 784. The van der Waals surface area contributed by atoms with Crippen LogP contribution in [0.5, 0.6) is 0 Å². The van der Waals surface area contributed by atoms with Crippen LogP contribution in [0.1, 0.15) is 19.6 Å². The summed E-state index contributed by atoms with van der Waals surface area (Å²) in [6.07, 6.45) is 1.55. The second-order valence-electron chi connectivity index (χ2n) is 7.68. The highest BCUT2D eigenvalue weighted by atomic mass is 19.1. The second-order valence-corrected chi connectivity index (χ2v) is 7.68. The summed E-state index contributed by atoms with van der Waals surface area (Å²) in [6, 6.07) is 10.2. The van der Waals surface area contributed by atoms with Gasteiger partial charge in [0.15, 0.2) is 5.96 Å². The molecule has 1 aromatic carbocycles. The quantitative estimate of drug-likeness (QED) is 0.451. The first-order valence-corrected chi connectivity index (χ1v) is 10.5. The van der Waals surface area contributed by atoms with E-state index in [4.69, 9.17) is 4.42 Å². The van der Waals surface area contributed by atoms with Crippen LogP contribution in [0.25, 0.3) is 0 Å². The Morgan fingerprint density at radius 2 is 1.90 bits per heavy atom. The van der Waals surface area contributed by atoms with Gasteiger partial charge in [0.05, 0.1) is 12.8 Å². The topological polar surface area (TPSA) is 76.3 Å². The first-order valence-electron chi connectivity index (χ1n) is 10.5. The third-order valence-electron chi connectivity index (χ3n) is 5.23. The SMILES string of the molecule is CCNC(=NCC(C)(O)c1ccco1)NCCN1CCN(c2ccc(F)cc2)CC1. The van der Waals surface area contributed by atoms with Crippen LogP contribution in [0, 0.1) is 5.82 Å². The number of aliphatic hydroxyl groups is 1. The molecule has 1 aliphatic heterocycles. The zero-order valence-corrected chi connectivity index (χ0v) is 17.8. The normalized spacial score (nSPS) is 17.6. The van der Waals surface area contributed by atoms with Gasteiger partial charge < -0.3 is 25.1 Å². The fraction of sp³-hybridized carbons (Fsp3) is 0.500. The lowest BCUT2D eigenvalue weighted by atomic mass is 10.0. The summed E-state index contributed by atoms with van der Waals surface area (Å²) in [5.41, 5.74) is -0.0814. The monoisotopic (exact) mass is 417 g/mol. The van der Waals surface area contributed by atoms with Crippen LogP contribution in [-0.4, -0.2) is 68.3 Å². The molecule has 0 spiro atoms. The molecule has 2 heterocycles. The molecule has 30 heavy (non-hydrogen) atoms. The third-order valence-corrected chi connectivity index (χ3v) is 5.23. The van der Waals surface area contributed by atoms with Crippen molar-refractivity contribution in [3.8, 4) is 0 Å². The molecule has 3 rings (SSSR count). The maximum Gasteiger partial charge on any atom is 0.191 e. The van der Waals surface area contributed by atoms with Crippen LogP contribution in [-0.2, 0) is 5.60 Å². The Morgan fingerprint density at radius 1 is 1.17 bits per heavy atom. The standard InChI is InChI=1S/C22H32FN5O2/c1-3-24-21(26-17-22(2,29)20-5-4-16-30-20)25-10-11-27-12-14-28(15-13-27)19-8-6-18(23)7-9-19/h4-9,16,29H,3,10-15,17H2,1-2H3,(H2,24,25,26). The van der Waals surface area contributed by atoms with E-state index in [1.807, 2.05) is 19.1 Å². The molecule has 1 aliphatic rings. The van der Waals surface area contributed by atoms with E-state index in [9.17, 15) is 9.50 Å². The van der Waals surface area contributed by atoms with Gasteiger partial charge in [-0.05, 0) is 50.2 Å². The summed E-state index contributed by atoms with van der Waals surface area (Å²) in [5, 5.41) is 17.1. The lowest BCUT2D eigenvalue weighted by molar-refractivity contribution is 0.0437. The van der Waals surface area contributed by atoms with Crippen molar-refractivity contribution in [1.29, 1.82) is 0 Å². The third kappa shape index (κ3) is 6.21. The molecule has 0 amide bonds. The van der Waals surface area contributed by atoms with Gasteiger partial charge >= 0.3 is 0 Å². The fourth-order valence-corrected chi connectivity index (χ4v) is 3.45. The van der Waals surface area contributed by atoms with Crippen LogP contribution < -0.4 is 15.5 Å². The van der Waals surface area contributed by atoms with E-state index >= 15 is 0 Å². The number of piperazine rings is 1. The van der Waals surface area contributed by atoms with Crippen LogP contribution in [0.15, 0.2) is 52.1 Å². The van der Waals surface area contributed by atoms with E-state index in [-0.39, 0.29) is 12.4 Å². The van der Waals surface area contributed by atoms with Gasteiger partial charge in [0.2, 0.25) is 0 Å². The van der Waals surface area contributed by atoms with Gasteiger partial charge in [-0.15, -0.1) is 0 Å². The first kappa shape index (κ1) is 22.1. The molecule has 0 radical (unpaired) electrons. The van der Waals surface area contributed by atoms with E-state index in [1.54, 1.807) is 25.3 Å². The van der Waals surface area contributed by atoms with Gasteiger partial charge in [-0.2, -0.15) is 0 Å². The van der Waals surface area contributed by atoms with E-state index in [0.29, 0.717) is 11.7 Å². The number of halogens is 1. The number of benzene rings is 1. The van der Waals surface area contributed by atoms with Crippen molar-refractivity contribution >= 4 is 11.6 Å². The van der Waals surface area contributed by atoms with Crippen molar-refractivity contribution in [2.75, 3.05) is 57.3 Å². The summed E-state index contributed by atoms with van der Waals surface area (Å²) in [7, 11) is 0. The van der Waals surface area contributed by atoms with E-state index in [1.165, 1.54) is 12.1 Å². The fourth-order valence-electron chi connectivity index (χ4n) is 3.45. The summed E-state index contributed by atoms with van der Waals surface area (Å²) in [6.45, 7) is 10.1. The molecule has 0 bridgehead atoms. The summed E-state index contributed by atoms with van der Waals surface area (Å²) < 4.78 is 18.4. The molecule has 8 heteroatoms. The summed E-state index contributed by atoms with van der Waals surface area (Å²) in [4.78, 5) is 9.19. The number of aliphatic imine (C=N–C) groups is 1. The van der Waals surface area contributed by atoms with Gasteiger partial charge in [-0.1, -0.05) is 0 Å². The molecular formula is C22H32FN5O2. The molecule has 164 valence electrons. The van der Waals surface area contributed by atoms with Crippen LogP contribution in [0.4, 0.5) is 10.1 Å². The van der Waals surface area contributed by atoms with Crippen LogP contribution in [0.2, 0.25) is 0 Å². The Hall–Kier alpha value is -2.58. The average Bonchev–Trinajstić information content (AvgIpc) is 3.29. The Morgan fingerprint density at radius 3 is 2.53 bits per heavy atom. The zero-order valence-electron chi connectivity index (χ0n) is 17.8. The maximum absolute atomic E-state index is 13.1. The largest absolute Gasteiger partial charge is 0.466 e. The van der Waals surface area contributed by atoms with Crippen molar-refractivity contribution in [2.24, 2.45) is 4.99 Å². The molecule has 2 aromatic rings. The molecule has 1 atom stereocenters. The van der Waals surface area contributed by atoms with Crippen molar-refractivity contribution < 1.29 is 13.9 Å². The van der Waals surface area contributed by atoms with Crippen LogP contribution >= 0.6 is 0 Å². The maximum atomic E-state index is 13.1. The molecule has 0 aliphatic carbocycles. The molecular weight excluding hydrogens is 385 g/mol. The van der Waals surface area contributed by atoms with Crippen molar-refractivity contribution in [3.05, 3.63) is 54.2 Å². The Kier molecular flexibility index (Phi) is 7.70. The van der Waals surface area contributed by atoms with Crippen LogP contribution in [0.3, 0.4) is 0 Å². The molecule has 1 aromatic heterocycles. The van der Waals surface area contributed by atoms with E-state index in [2.05, 4.69) is 25.4 Å². The minimum atomic E-state index is -1.15. The summed E-state index contributed by atoms with van der Waals surface area (Å²) >= 11 is 0. The molecule has 1 saturated heterocycles. The second kappa shape index (κ2) is 10.4. The van der Waals surface area contributed by atoms with Gasteiger partial charge in [0.1, 0.15) is 17.2 Å². The van der Waals surface area contributed by atoms with Gasteiger partial charge in [-0.25, -0.2) is 9.38 Å². The predicted octanol–water partition coefficient (Wildman–Crippen LogP) is 2.00. The highest BCUT2D eigenvalue weighted by Gasteiger charge is 2.26. The highest BCUT2D eigenvalue weighted by molar-refractivity contribution is 5.79. The van der Waals surface area contributed by atoms with Crippen molar-refractivity contribution in [3.63, 3.8) is 0 Å². The van der Waals surface area contributed by atoms with Crippen molar-refractivity contribution in [1.82, 2.24) is 15.5 Å². The number of nitrogens with one attached hydrogen (secondary N) is 2. The number of furan rings is 1. The molecule has 0 saturated carbocycles. The Balaban J connectivity index is 1.43. The van der Waals surface area contributed by atoms with Gasteiger partial charge in [0, 0.05) is 51.5 Å². The molecule has 1 fully saturated rings. The first-order chi connectivity index (χ1) is 14.5. The zero-order chi connectivity index (χ0) is 21.4. The lowest BCUT2D eigenvalue weighted by Gasteiger charge is -2.36. The number of hydrogen-bond acceptors (Lipinski definition) is 5. The smallest absolute Gasteiger partial charge is 0.191 e. The number of hydrogen-bond donors (Lipinski definition) is 3. The number of nitrogens with zero attached hydrogens (tertiary/aromatic N) is 3. The molecule has 3 N–H and O–H groups in total. The van der Waals surface area contributed by atoms with Gasteiger partial charge in [0.25, 0.3) is 0 Å². The Labute approximate surface area is 177 Å². The molecule has 1 unspecified atom stereocenters. The average molecular weight is 418 g/mol. The van der Waals surface area contributed by atoms with Crippen molar-refractivity contribution in [2.45, 2.75) is 19.4 Å². The predicted molar refractivity (Wildman–Crippen MR) is 117 cm³/mol. The lowest BCUT2D eigenvalue weighted by Crippen LogP contribution is -2.49. The number of anilines is 1. The number of guanidine groups is 1. The summed E-state index contributed by atoms with van der Waals surface area (Å²) in [5.74, 6) is 0.975. The minimum Gasteiger partial charge on any atom is -0.466 e. The minimum absolute atomic E-state index is 0.201. The van der Waals surface area contributed by atoms with E-state index in [0.717, 1.165) is 51.5 Å². The van der Waals surface area contributed by atoms with E-state index < -0.39 is 5.60 Å². The molecule has 7 nitrogen and oxygen atoms in total. The van der Waals surface area contributed by atoms with Gasteiger partial charge in [-0.3, -0.25) is 4.90 Å².